The topological polar surface area (TPSA) is 87.0 Å². The standard InChI is InChI=1S/C9H18O5S/c1-8(3-2-5-10)7-9(4-6-11)14-15(12)13/h4,6,8-11H,2-3,5,7H2,1H3,(H,12,13). The van der Waals surface area contributed by atoms with Gasteiger partial charge in [0.15, 0.2) is 0 Å². The van der Waals surface area contributed by atoms with Gasteiger partial charge in [-0.25, -0.2) is 0 Å². The quantitative estimate of drug-likeness (QED) is 0.439. The summed E-state index contributed by atoms with van der Waals surface area (Å²) in [5.74, 6) is 0.252. The second-order valence-electron chi connectivity index (χ2n) is 3.40. The minimum Gasteiger partial charge on any atom is -0.516 e. The zero-order valence-electron chi connectivity index (χ0n) is 8.70. The van der Waals surface area contributed by atoms with Crippen molar-refractivity contribution in [3.63, 3.8) is 0 Å². The summed E-state index contributed by atoms with van der Waals surface area (Å²) in [6, 6.07) is 0. The molecule has 90 valence electrons. The van der Waals surface area contributed by atoms with Gasteiger partial charge in [0, 0.05) is 6.61 Å². The van der Waals surface area contributed by atoms with Crippen LogP contribution in [-0.4, -0.2) is 31.7 Å². The molecule has 0 fully saturated rings. The van der Waals surface area contributed by atoms with Gasteiger partial charge >= 0.3 is 11.4 Å². The fraction of sp³-hybridized carbons (Fsp3) is 0.778. The minimum absolute atomic E-state index is 0.137. The third-order valence-electron chi connectivity index (χ3n) is 2.00. The Morgan fingerprint density at radius 2 is 2.20 bits per heavy atom. The Kier molecular flexibility index (Phi) is 8.59. The Morgan fingerprint density at radius 3 is 2.67 bits per heavy atom. The average molecular weight is 238 g/mol. The summed E-state index contributed by atoms with van der Waals surface area (Å²) in [6.45, 7) is 2.09. The highest BCUT2D eigenvalue weighted by Gasteiger charge is 2.13. The Bertz CT molecular complexity index is 207. The van der Waals surface area contributed by atoms with Crippen molar-refractivity contribution in [2.75, 3.05) is 6.61 Å². The maximum absolute atomic E-state index is 10.4. The van der Waals surface area contributed by atoms with Crippen LogP contribution in [0, 0.1) is 5.92 Å². The molecule has 0 spiro atoms. The van der Waals surface area contributed by atoms with Crippen molar-refractivity contribution >= 4 is 11.4 Å². The van der Waals surface area contributed by atoms with Crippen LogP contribution in [0.15, 0.2) is 12.3 Å². The molecule has 0 aromatic rings. The predicted molar refractivity (Wildman–Crippen MR) is 57.5 cm³/mol. The van der Waals surface area contributed by atoms with Crippen molar-refractivity contribution in [2.45, 2.75) is 32.3 Å². The molecule has 0 aliphatic rings. The van der Waals surface area contributed by atoms with E-state index < -0.39 is 17.5 Å². The Balaban J connectivity index is 3.97. The van der Waals surface area contributed by atoms with Crippen LogP contribution in [0.3, 0.4) is 0 Å². The summed E-state index contributed by atoms with van der Waals surface area (Å²) >= 11 is -2.33. The van der Waals surface area contributed by atoms with E-state index in [0.29, 0.717) is 12.8 Å². The second-order valence-corrected chi connectivity index (χ2v) is 4.03. The number of rotatable bonds is 8. The van der Waals surface area contributed by atoms with Gasteiger partial charge in [-0.05, 0) is 31.3 Å². The molecule has 0 bridgehead atoms. The van der Waals surface area contributed by atoms with E-state index in [1.807, 2.05) is 6.92 Å². The number of aliphatic hydroxyl groups is 2. The van der Waals surface area contributed by atoms with Crippen LogP contribution in [0.4, 0.5) is 0 Å². The summed E-state index contributed by atoms with van der Waals surface area (Å²) in [5.41, 5.74) is 0. The molecule has 0 aliphatic heterocycles. The van der Waals surface area contributed by atoms with E-state index in [9.17, 15) is 4.21 Å². The van der Waals surface area contributed by atoms with E-state index in [4.69, 9.17) is 14.8 Å². The largest absolute Gasteiger partial charge is 0.516 e. The second kappa shape index (κ2) is 8.84. The summed E-state index contributed by atoms with van der Waals surface area (Å²) < 4.78 is 23.6. The fourth-order valence-electron chi connectivity index (χ4n) is 1.31. The molecule has 0 aromatic carbocycles. The van der Waals surface area contributed by atoms with Crippen molar-refractivity contribution in [1.29, 1.82) is 0 Å². The lowest BCUT2D eigenvalue weighted by Gasteiger charge is -2.15. The summed E-state index contributed by atoms with van der Waals surface area (Å²) in [7, 11) is 0. The highest BCUT2D eigenvalue weighted by atomic mass is 32.2. The van der Waals surface area contributed by atoms with Gasteiger partial charge < -0.3 is 10.2 Å². The monoisotopic (exact) mass is 238 g/mol. The third-order valence-corrected chi connectivity index (χ3v) is 2.41. The van der Waals surface area contributed by atoms with Gasteiger partial charge in [0.05, 0.1) is 12.4 Å². The molecule has 0 heterocycles. The van der Waals surface area contributed by atoms with Crippen molar-refractivity contribution in [3.05, 3.63) is 12.3 Å². The highest BCUT2D eigenvalue weighted by Crippen LogP contribution is 2.16. The van der Waals surface area contributed by atoms with Crippen molar-refractivity contribution in [3.8, 4) is 0 Å². The Morgan fingerprint density at radius 1 is 1.53 bits per heavy atom. The molecule has 6 heteroatoms. The smallest absolute Gasteiger partial charge is 0.302 e. The fourth-order valence-corrected chi connectivity index (χ4v) is 1.66. The first-order valence-corrected chi connectivity index (χ1v) is 5.83. The Hall–Kier alpha value is -0.430. The maximum Gasteiger partial charge on any atom is 0.302 e. The van der Waals surface area contributed by atoms with Gasteiger partial charge in [-0.3, -0.25) is 8.74 Å². The summed E-state index contributed by atoms with van der Waals surface area (Å²) in [4.78, 5) is 0. The van der Waals surface area contributed by atoms with Crippen molar-refractivity contribution < 1.29 is 23.2 Å². The van der Waals surface area contributed by atoms with Crippen LogP contribution in [0.1, 0.15) is 26.2 Å². The minimum atomic E-state index is -2.33. The van der Waals surface area contributed by atoms with Crippen LogP contribution in [-0.2, 0) is 15.5 Å². The molecule has 0 radical (unpaired) electrons. The van der Waals surface area contributed by atoms with Gasteiger partial charge in [0.2, 0.25) is 0 Å². The van der Waals surface area contributed by atoms with E-state index in [1.165, 1.54) is 6.08 Å². The van der Waals surface area contributed by atoms with Crippen molar-refractivity contribution in [2.24, 2.45) is 5.92 Å². The van der Waals surface area contributed by atoms with E-state index in [-0.39, 0.29) is 12.5 Å². The van der Waals surface area contributed by atoms with Crippen LogP contribution in [0.2, 0.25) is 0 Å². The molecule has 3 N–H and O–H groups in total. The summed E-state index contributed by atoms with van der Waals surface area (Å²) in [6.07, 6.45) is 3.59. The van der Waals surface area contributed by atoms with Gasteiger partial charge in [0.25, 0.3) is 0 Å². The molecule has 15 heavy (non-hydrogen) atoms. The van der Waals surface area contributed by atoms with Gasteiger partial charge in [0.1, 0.15) is 0 Å². The molecule has 0 amide bonds. The van der Waals surface area contributed by atoms with Crippen LogP contribution < -0.4 is 0 Å². The van der Waals surface area contributed by atoms with Gasteiger partial charge in [-0.1, -0.05) is 6.92 Å². The molecule has 0 aliphatic carbocycles. The molecule has 0 aromatic heterocycles. The lowest BCUT2D eigenvalue weighted by atomic mass is 9.98. The lowest BCUT2D eigenvalue weighted by molar-refractivity contribution is 0.203. The molecule has 0 rings (SSSR count). The molecule has 0 saturated carbocycles. The molecule has 5 nitrogen and oxygen atoms in total. The molecular formula is C9H18O5S. The number of aliphatic hydroxyl groups excluding tert-OH is 2. The first kappa shape index (κ1) is 14.6. The molecule has 3 unspecified atom stereocenters. The van der Waals surface area contributed by atoms with E-state index >= 15 is 0 Å². The zero-order chi connectivity index (χ0) is 11.7. The van der Waals surface area contributed by atoms with E-state index in [1.54, 1.807) is 0 Å². The molecule has 0 saturated heterocycles. The normalized spacial score (nSPS) is 17.8. The zero-order valence-corrected chi connectivity index (χ0v) is 9.52. The van der Waals surface area contributed by atoms with Gasteiger partial charge in [-0.2, -0.15) is 4.21 Å². The predicted octanol–water partition coefficient (Wildman–Crippen LogP) is 1.38. The van der Waals surface area contributed by atoms with Crippen LogP contribution in [0.25, 0.3) is 0 Å². The first-order chi connectivity index (χ1) is 7.10. The first-order valence-electron chi connectivity index (χ1n) is 4.79. The molecule has 3 atom stereocenters. The van der Waals surface area contributed by atoms with E-state index in [0.717, 1.165) is 12.7 Å². The SMILES string of the molecule is CC(CCCO)CC(C=CO)OS(=O)O. The van der Waals surface area contributed by atoms with E-state index in [2.05, 4.69) is 4.18 Å². The van der Waals surface area contributed by atoms with Crippen molar-refractivity contribution in [1.82, 2.24) is 0 Å². The van der Waals surface area contributed by atoms with Crippen LogP contribution >= 0.6 is 0 Å². The summed E-state index contributed by atoms with van der Waals surface area (Å²) in [5, 5.41) is 17.2. The van der Waals surface area contributed by atoms with Crippen LogP contribution in [0.5, 0.6) is 0 Å². The number of hydrogen-bond acceptors (Lipinski definition) is 4. The maximum atomic E-state index is 10.4. The van der Waals surface area contributed by atoms with Gasteiger partial charge in [-0.15, -0.1) is 0 Å². The number of hydrogen-bond donors (Lipinski definition) is 3. The lowest BCUT2D eigenvalue weighted by Crippen LogP contribution is -2.15. The highest BCUT2D eigenvalue weighted by molar-refractivity contribution is 7.74. The third kappa shape index (κ3) is 8.56. The average Bonchev–Trinajstić information content (AvgIpc) is 2.14. The molecular weight excluding hydrogens is 220 g/mol. The Labute approximate surface area is 92.3 Å².